The van der Waals surface area contributed by atoms with Crippen molar-refractivity contribution in [1.29, 1.82) is 0 Å². The molecule has 0 aliphatic heterocycles. The minimum Gasteiger partial charge on any atom is -0.504 e. The van der Waals surface area contributed by atoms with Crippen molar-refractivity contribution in [1.82, 2.24) is 0 Å². The molecule has 1 aromatic rings. The lowest BCUT2D eigenvalue weighted by Crippen LogP contribution is -2.09. The number of hydrogen-bond donors (Lipinski definition) is 3. The fraction of sp³-hybridized carbons (Fsp3) is 0.500. The maximum absolute atomic E-state index is 9.32. The van der Waals surface area contributed by atoms with Crippen molar-refractivity contribution >= 4 is 12.4 Å². The van der Waals surface area contributed by atoms with E-state index in [1.807, 2.05) is 0 Å². The van der Waals surface area contributed by atoms with E-state index in [1.165, 1.54) is 25.0 Å². The number of halogens is 1. The van der Waals surface area contributed by atoms with Gasteiger partial charge in [-0.25, -0.2) is 0 Å². The van der Waals surface area contributed by atoms with E-state index in [4.69, 9.17) is 10.8 Å². The number of hydrogen-bond acceptors (Lipinski definition) is 3. The second-order valence-corrected chi connectivity index (χ2v) is 3.85. The zero-order chi connectivity index (χ0) is 11.3. The lowest BCUT2D eigenvalue weighted by atomic mass is 10.0. The molecule has 0 aromatic heterocycles. The minimum atomic E-state index is -0.0987. The van der Waals surface area contributed by atoms with E-state index in [9.17, 15) is 5.11 Å². The van der Waals surface area contributed by atoms with Gasteiger partial charge in [0.25, 0.3) is 0 Å². The second kappa shape index (κ2) is 7.36. The Kier molecular flexibility index (Phi) is 6.93. The summed E-state index contributed by atoms with van der Waals surface area (Å²) < 4.78 is 0. The smallest absolute Gasteiger partial charge is 0.157 e. The van der Waals surface area contributed by atoms with Crippen LogP contribution in [-0.4, -0.2) is 10.2 Å². The van der Waals surface area contributed by atoms with Gasteiger partial charge in [0.2, 0.25) is 0 Å². The van der Waals surface area contributed by atoms with Gasteiger partial charge in [-0.15, -0.1) is 12.4 Å². The molecule has 4 heteroatoms. The van der Waals surface area contributed by atoms with Gasteiger partial charge >= 0.3 is 0 Å². The molecule has 1 atom stereocenters. The molecular weight excluding hydrogens is 226 g/mol. The van der Waals surface area contributed by atoms with Gasteiger partial charge in [0, 0.05) is 6.04 Å². The van der Waals surface area contributed by atoms with Crippen LogP contribution in [0.25, 0.3) is 0 Å². The molecule has 4 N–H and O–H groups in total. The van der Waals surface area contributed by atoms with E-state index < -0.39 is 0 Å². The maximum atomic E-state index is 9.32. The van der Waals surface area contributed by atoms with Crippen molar-refractivity contribution in [3.63, 3.8) is 0 Å². The van der Waals surface area contributed by atoms with E-state index in [-0.39, 0.29) is 29.9 Å². The van der Waals surface area contributed by atoms with Gasteiger partial charge < -0.3 is 15.9 Å². The lowest BCUT2D eigenvalue weighted by Gasteiger charge is -2.12. The fourth-order valence-corrected chi connectivity index (χ4v) is 1.55. The average molecular weight is 246 g/mol. The van der Waals surface area contributed by atoms with Crippen molar-refractivity contribution in [2.45, 2.75) is 38.6 Å². The number of nitrogens with two attached hydrogens (primary N) is 1. The number of unbranched alkanes of at least 4 members (excludes halogenated alkanes) is 2. The molecule has 1 rings (SSSR count). The summed E-state index contributed by atoms with van der Waals surface area (Å²) in [6.07, 6.45) is 4.36. The largest absolute Gasteiger partial charge is 0.504 e. The third-order valence-corrected chi connectivity index (χ3v) is 2.55. The molecule has 0 radical (unpaired) electrons. The summed E-state index contributed by atoms with van der Waals surface area (Å²) in [5, 5.41) is 18.5. The summed E-state index contributed by atoms with van der Waals surface area (Å²) in [6, 6.07) is 4.71. The van der Waals surface area contributed by atoms with Gasteiger partial charge in [0.1, 0.15) is 0 Å². The molecule has 0 saturated carbocycles. The molecule has 0 aliphatic rings. The number of phenols is 2. The van der Waals surface area contributed by atoms with Crippen LogP contribution in [0.15, 0.2) is 18.2 Å². The molecule has 0 heterocycles. The summed E-state index contributed by atoms with van der Waals surface area (Å²) in [5.41, 5.74) is 6.84. The van der Waals surface area contributed by atoms with Crippen LogP contribution in [0.2, 0.25) is 0 Å². The van der Waals surface area contributed by atoms with E-state index >= 15 is 0 Å². The Hall–Kier alpha value is -0.930. The number of rotatable bonds is 5. The van der Waals surface area contributed by atoms with E-state index in [1.54, 1.807) is 6.07 Å². The molecule has 0 unspecified atom stereocenters. The first-order chi connectivity index (χ1) is 7.15. The first kappa shape index (κ1) is 15.1. The Morgan fingerprint density at radius 2 is 1.88 bits per heavy atom. The first-order valence-corrected chi connectivity index (χ1v) is 5.42. The Bertz CT molecular complexity index is 318. The van der Waals surface area contributed by atoms with Crippen LogP contribution in [0.3, 0.4) is 0 Å². The van der Waals surface area contributed by atoms with Gasteiger partial charge in [-0.05, 0) is 24.1 Å². The van der Waals surface area contributed by atoms with Gasteiger partial charge in [-0.2, -0.15) is 0 Å². The highest BCUT2D eigenvalue weighted by Crippen LogP contribution is 2.28. The van der Waals surface area contributed by atoms with E-state index in [2.05, 4.69) is 6.92 Å². The highest BCUT2D eigenvalue weighted by atomic mass is 35.5. The standard InChI is InChI=1S/C12H19NO2.ClH/c1-2-3-4-5-10(13)9-6-7-11(14)12(15)8-9;/h6-8,10,14-15H,2-5,13H2,1H3;1H/t10-;/m0./s1. The zero-order valence-corrected chi connectivity index (χ0v) is 10.3. The van der Waals surface area contributed by atoms with Crippen LogP contribution in [0.4, 0.5) is 0 Å². The molecule has 0 spiro atoms. The van der Waals surface area contributed by atoms with Gasteiger partial charge in [0.15, 0.2) is 11.5 Å². The van der Waals surface area contributed by atoms with Gasteiger partial charge in [-0.3, -0.25) is 0 Å². The van der Waals surface area contributed by atoms with Crippen LogP contribution in [-0.2, 0) is 0 Å². The van der Waals surface area contributed by atoms with E-state index in [0.29, 0.717) is 0 Å². The summed E-state index contributed by atoms with van der Waals surface area (Å²) >= 11 is 0. The van der Waals surface area contributed by atoms with Gasteiger partial charge in [0.05, 0.1) is 0 Å². The van der Waals surface area contributed by atoms with Gasteiger partial charge in [-0.1, -0.05) is 32.3 Å². The summed E-state index contributed by atoms with van der Waals surface area (Å²) in [7, 11) is 0. The predicted octanol–water partition coefficient (Wildman–Crippen LogP) is 3.10. The fourth-order valence-electron chi connectivity index (χ4n) is 1.55. The molecule has 16 heavy (non-hydrogen) atoms. The Morgan fingerprint density at radius 3 is 2.44 bits per heavy atom. The summed E-state index contributed by atoms with van der Waals surface area (Å²) in [4.78, 5) is 0. The lowest BCUT2D eigenvalue weighted by molar-refractivity contribution is 0.402. The highest BCUT2D eigenvalue weighted by molar-refractivity contribution is 5.85. The van der Waals surface area contributed by atoms with Crippen LogP contribution < -0.4 is 5.73 Å². The maximum Gasteiger partial charge on any atom is 0.157 e. The highest BCUT2D eigenvalue weighted by Gasteiger charge is 2.08. The van der Waals surface area contributed by atoms with Crippen molar-refractivity contribution in [3.8, 4) is 11.5 Å². The number of aromatic hydroxyl groups is 2. The molecule has 0 aliphatic carbocycles. The predicted molar refractivity (Wildman–Crippen MR) is 68.1 cm³/mol. The van der Waals surface area contributed by atoms with Crippen molar-refractivity contribution in [2.75, 3.05) is 0 Å². The molecular formula is C12H20ClNO2. The molecule has 0 bridgehead atoms. The number of phenolic OH excluding ortho intramolecular Hbond substituents is 2. The zero-order valence-electron chi connectivity index (χ0n) is 9.52. The Morgan fingerprint density at radius 1 is 1.19 bits per heavy atom. The topological polar surface area (TPSA) is 66.5 Å². The minimum absolute atomic E-state index is 0. The molecule has 92 valence electrons. The van der Waals surface area contributed by atoms with Crippen molar-refractivity contribution < 1.29 is 10.2 Å². The molecule has 0 amide bonds. The van der Waals surface area contributed by atoms with Crippen molar-refractivity contribution in [2.24, 2.45) is 5.73 Å². The van der Waals surface area contributed by atoms with Crippen LogP contribution in [0.5, 0.6) is 11.5 Å². The Balaban J connectivity index is 0.00000225. The summed E-state index contributed by atoms with van der Waals surface area (Å²) in [6.45, 7) is 2.15. The third-order valence-electron chi connectivity index (χ3n) is 2.55. The van der Waals surface area contributed by atoms with Crippen LogP contribution in [0, 0.1) is 0 Å². The Labute approximate surface area is 103 Å². The monoisotopic (exact) mass is 245 g/mol. The van der Waals surface area contributed by atoms with Crippen LogP contribution >= 0.6 is 12.4 Å². The quantitative estimate of drug-likeness (QED) is 0.552. The molecule has 0 saturated heterocycles. The summed E-state index contributed by atoms with van der Waals surface area (Å²) in [5.74, 6) is -0.196. The third kappa shape index (κ3) is 4.29. The normalized spacial score (nSPS) is 11.9. The SMILES string of the molecule is CCCCC[C@H](N)c1ccc(O)c(O)c1.Cl. The first-order valence-electron chi connectivity index (χ1n) is 5.42. The van der Waals surface area contributed by atoms with Crippen molar-refractivity contribution in [3.05, 3.63) is 23.8 Å². The average Bonchev–Trinajstić information content (AvgIpc) is 2.22. The molecule has 3 nitrogen and oxygen atoms in total. The molecule has 1 aromatic carbocycles. The van der Waals surface area contributed by atoms with Crippen LogP contribution in [0.1, 0.15) is 44.2 Å². The second-order valence-electron chi connectivity index (χ2n) is 3.85. The number of benzene rings is 1. The van der Waals surface area contributed by atoms with E-state index in [0.717, 1.165) is 18.4 Å². The molecule has 0 fully saturated rings.